The van der Waals surface area contributed by atoms with E-state index in [1.165, 1.54) is 12.1 Å². The molecule has 6 nitrogen and oxygen atoms in total. The fourth-order valence-corrected chi connectivity index (χ4v) is 2.97. The van der Waals surface area contributed by atoms with E-state index < -0.39 is 0 Å². The number of benzene rings is 1. The second-order valence-electron chi connectivity index (χ2n) is 6.81. The summed E-state index contributed by atoms with van der Waals surface area (Å²) in [5, 5.41) is 6.28. The van der Waals surface area contributed by atoms with Crippen molar-refractivity contribution >= 4 is 17.6 Å². The first-order valence-corrected chi connectivity index (χ1v) is 9.86. The van der Waals surface area contributed by atoms with E-state index in [1.807, 2.05) is 26.0 Å². The molecular weight excluding hydrogens is 345 g/mol. The fourth-order valence-electron chi connectivity index (χ4n) is 2.97. The van der Waals surface area contributed by atoms with E-state index in [0.717, 1.165) is 50.8 Å². The number of aliphatic imine (C=N–C) groups is 1. The van der Waals surface area contributed by atoms with Gasteiger partial charge in [-0.15, -0.1) is 0 Å². The minimum absolute atomic E-state index is 0.0464. The van der Waals surface area contributed by atoms with Gasteiger partial charge < -0.3 is 20.4 Å². The Hall–Kier alpha value is -2.31. The highest BCUT2D eigenvalue weighted by Crippen LogP contribution is 2.17. The molecule has 2 N–H and O–H groups in total. The molecule has 2 rings (SSSR count). The lowest BCUT2D eigenvalue weighted by Crippen LogP contribution is -2.52. The van der Waals surface area contributed by atoms with Crippen molar-refractivity contribution in [3.63, 3.8) is 0 Å². The number of amides is 1. The first kappa shape index (κ1) is 21.0. The van der Waals surface area contributed by atoms with Crippen molar-refractivity contribution in [1.29, 1.82) is 0 Å². The lowest BCUT2D eigenvalue weighted by molar-refractivity contribution is -0.121. The summed E-state index contributed by atoms with van der Waals surface area (Å²) in [6.07, 6.45) is 1.32. The number of guanidine groups is 1. The van der Waals surface area contributed by atoms with Crippen LogP contribution in [-0.4, -0.2) is 62.1 Å². The Morgan fingerprint density at radius 2 is 1.85 bits per heavy atom. The van der Waals surface area contributed by atoms with E-state index in [4.69, 9.17) is 0 Å². The molecule has 7 heteroatoms. The van der Waals surface area contributed by atoms with Crippen LogP contribution < -0.4 is 15.5 Å². The Kier molecular flexibility index (Phi) is 8.36. The predicted molar refractivity (Wildman–Crippen MR) is 109 cm³/mol. The average molecular weight is 378 g/mol. The van der Waals surface area contributed by atoms with Crippen LogP contribution in [-0.2, 0) is 4.79 Å². The number of nitrogens with one attached hydrogen (secondary N) is 2. The topological polar surface area (TPSA) is 60.0 Å². The molecule has 1 aliphatic heterocycles. The van der Waals surface area contributed by atoms with Crippen LogP contribution in [0.25, 0.3) is 0 Å². The van der Waals surface area contributed by atoms with E-state index in [-0.39, 0.29) is 17.8 Å². The lowest BCUT2D eigenvalue weighted by atomic mass is 10.2. The molecule has 0 radical (unpaired) electrons. The number of hydrogen-bond donors (Lipinski definition) is 2. The van der Waals surface area contributed by atoms with Gasteiger partial charge in [0, 0.05) is 50.9 Å². The Labute approximate surface area is 161 Å². The van der Waals surface area contributed by atoms with Crippen molar-refractivity contribution in [3.8, 4) is 0 Å². The first-order chi connectivity index (χ1) is 13.0. The number of rotatable bonds is 7. The molecule has 0 spiro atoms. The maximum atomic E-state index is 13.1. The zero-order valence-electron chi connectivity index (χ0n) is 16.7. The van der Waals surface area contributed by atoms with Crippen LogP contribution in [0.4, 0.5) is 10.1 Å². The molecule has 1 unspecified atom stereocenters. The quantitative estimate of drug-likeness (QED) is 0.565. The molecule has 1 aliphatic rings. The number of piperazine rings is 1. The second-order valence-corrected chi connectivity index (χ2v) is 6.81. The molecule has 1 heterocycles. The zero-order valence-corrected chi connectivity index (χ0v) is 16.7. The summed E-state index contributed by atoms with van der Waals surface area (Å²) in [5.74, 6) is 0.689. The molecule has 0 aromatic heterocycles. The van der Waals surface area contributed by atoms with Crippen LogP contribution >= 0.6 is 0 Å². The molecular formula is C20H32FN5O. The minimum Gasteiger partial charge on any atom is -0.368 e. The molecule has 150 valence electrons. The smallest absolute Gasteiger partial charge is 0.222 e. The van der Waals surface area contributed by atoms with Crippen LogP contribution in [0.2, 0.25) is 0 Å². The third-order valence-electron chi connectivity index (χ3n) is 4.73. The minimum atomic E-state index is -0.212. The van der Waals surface area contributed by atoms with Crippen LogP contribution in [0.5, 0.6) is 0 Å². The van der Waals surface area contributed by atoms with Crippen LogP contribution in [0.1, 0.15) is 33.6 Å². The van der Waals surface area contributed by atoms with Gasteiger partial charge in [0.25, 0.3) is 0 Å². The summed E-state index contributed by atoms with van der Waals surface area (Å²) in [5.41, 5.74) is 1.04. The maximum absolute atomic E-state index is 13.1. The van der Waals surface area contributed by atoms with Crippen molar-refractivity contribution in [3.05, 3.63) is 30.1 Å². The van der Waals surface area contributed by atoms with Gasteiger partial charge in [-0.3, -0.25) is 9.79 Å². The standard InChI is InChI=1S/C20H32FN5O/c1-4-16(3)24-19(27)10-11-23-20(22-5-2)26-14-12-25(13-15-26)18-8-6-17(21)7-9-18/h6-9,16H,4-5,10-15H2,1-3H3,(H,22,23)(H,24,27). The van der Waals surface area contributed by atoms with Gasteiger partial charge in [-0.2, -0.15) is 0 Å². The van der Waals surface area contributed by atoms with E-state index >= 15 is 0 Å². The summed E-state index contributed by atoms with van der Waals surface area (Å²) in [4.78, 5) is 21.0. The number of hydrogen-bond acceptors (Lipinski definition) is 3. The van der Waals surface area contributed by atoms with Gasteiger partial charge in [-0.05, 0) is 44.5 Å². The number of carbonyl (C=O) groups excluding carboxylic acids is 1. The predicted octanol–water partition coefficient (Wildman–Crippen LogP) is 2.22. The molecule has 1 fully saturated rings. The Morgan fingerprint density at radius 1 is 1.19 bits per heavy atom. The first-order valence-electron chi connectivity index (χ1n) is 9.86. The van der Waals surface area contributed by atoms with Crippen molar-refractivity contribution in [2.75, 3.05) is 44.2 Å². The van der Waals surface area contributed by atoms with E-state index in [1.54, 1.807) is 0 Å². The Bertz CT molecular complexity index is 611. The molecule has 27 heavy (non-hydrogen) atoms. The summed E-state index contributed by atoms with van der Waals surface area (Å²) in [6.45, 7) is 10.7. The molecule has 0 bridgehead atoms. The van der Waals surface area contributed by atoms with Crippen molar-refractivity contribution in [1.82, 2.24) is 15.5 Å². The number of anilines is 1. The number of nitrogens with zero attached hydrogens (tertiary/aromatic N) is 3. The molecule has 1 amide bonds. The molecule has 1 aromatic rings. The SMILES string of the molecule is CCNC(=NCCC(=O)NC(C)CC)N1CCN(c2ccc(F)cc2)CC1. The molecule has 1 aromatic carbocycles. The van der Waals surface area contributed by atoms with Gasteiger partial charge in [0.15, 0.2) is 5.96 Å². The summed E-state index contributed by atoms with van der Waals surface area (Å²) in [7, 11) is 0. The fraction of sp³-hybridized carbons (Fsp3) is 0.600. The normalized spacial score (nSPS) is 16.2. The number of carbonyl (C=O) groups is 1. The second kappa shape index (κ2) is 10.7. The van der Waals surface area contributed by atoms with Crippen molar-refractivity contribution < 1.29 is 9.18 Å². The van der Waals surface area contributed by atoms with E-state index in [2.05, 4.69) is 32.3 Å². The molecule has 0 aliphatic carbocycles. The molecule has 1 atom stereocenters. The largest absolute Gasteiger partial charge is 0.368 e. The number of halogens is 1. The Balaban J connectivity index is 1.86. The monoisotopic (exact) mass is 377 g/mol. The van der Waals surface area contributed by atoms with E-state index in [9.17, 15) is 9.18 Å². The average Bonchev–Trinajstić information content (AvgIpc) is 2.68. The summed E-state index contributed by atoms with van der Waals surface area (Å²) in [6, 6.07) is 6.84. The third kappa shape index (κ3) is 6.73. The van der Waals surface area contributed by atoms with Crippen molar-refractivity contribution in [2.24, 2.45) is 4.99 Å². The highest BCUT2D eigenvalue weighted by molar-refractivity contribution is 5.81. The van der Waals surface area contributed by atoms with Gasteiger partial charge in [0.05, 0.1) is 6.54 Å². The van der Waals surface area contributed by atoms with Crippen molar-refractivity contribution in [2.45, 2.75) is 39.7 Å². The summed E-state index contributed by atoms with van der Waals surface area (Å²) < 4.78 is 13.1. The van der Waals surface area contributed by atoms with Crippen LogP contribution in [0, 0.1) is 5.82 Å². The summed E-state index contributed by atoms with van der Waals surface area (Å²) >= 11 is 0. The Morgan fingerprint density at radius 3 is 2.44 bits per heavy atom. The molecule has 0 saturated carbocycles. The van der Waals surface area contributed by atoms with Gasteiger partial charge in [-0.25, -0.2) is 4.39 Å². The molecule has 1 saturated heterocycles. The zero-order chi connectivity index (χ0) is 19.6. The van der Waals surface area contributed by atoms with Gasteiger partial charge >= 0.3 is 0 Å². The lowest BCUT2D eigenvalue weighted by Gasteiger charge is -2.37. The van der Waals surface area contributed by atoms with Gasteiger partial charge in [0.2, 0.25) is 5.91 Å². The highest BCUT2D eigenvalue weighted by Gasteiger charge is 2.20. The van der Waals surface area contributed by atoms with Gasteiger partial charge in [-0.1, -0.05) is 6.92 Å². The van der Waals surface area contributed by atoms with E-state index in [0.29, 0.717) is 13.0 Å². The van der Waals surface area contributed by atoms with Crippen LogP contribution in [0.3, 0.4) is 0 Å². The third-order valence-corrected chi connectivity index (χ3v) is 4.73. The van der Waals surface area contributed by atoms with Crippen LogP contribution in [0.15, 0.2) is 29.3 Å². The maximum Gasteiger partial charge on any atom is 0.222 e. The highest BCUT2D eigenvalue weighted by atomic mass is 19.1. The van der Waals surface area contributed by atoms with Gasteiger partial charge in [0.1, 0.15) is 5.82 Å².